The van der Waals surface area contributed by atoms with Gasteiger partial charge in [-0.3, -0.25) is 4.79 Å². The van der Waals surface area contributed by atoms with Crippen molar-refractivity contribution >= 4 is 35.0 Å². The molecule has 0 bridgehead atoms. The van der Waals surface area contributed by atoms with Crippen LogP contribution in [0.15, 0.2) is 41.1 Å². The zero-order valence-electron chi connectivity index (χ0n) is 13.4. The minimum atomic E-state index is -0.434. The van der Waals surface area contributed by atoms with E-state index in [4.69, 9.17) is 20.9 Å². The van der Waals surface area contributed by atoms with E-state index in [-0.39, 0.29) is 11.6 Å². The summed E-state index contributed by atoms with van der Waals surface area (Å²) in [6.07, 6.45) is 1.47. The second-order valence-electron chi connectivity index (χ2n) is 5.01. The van der Waals surface area contributed by atoms with Gasteiger partial charge in [-0.05, 0) is 31.2 Å². The maximum Gasteiger partial charge on any atom is 0.275 e. The average Bonchev–Trinajstić information content (AvgIpc) is 3.00. The van der Waals surface area contributed by atoms with E-state index < -0.39 is 5.91 Å². The first-order valence-corrected chi connectivity index (χ1v) is 7.61. The van der Waals surface area contributed by atoms with Gasteiger partial charge in [-0.1, -0.05) is 16.8 Å². The molecule has 2 heterocycles. The highest BCUT2D eigenvalue weighted by Crippen LogP contribution is 2.29. The smallest absolute Gasteiger partial charge is 0.275 e. The molecular weight excluding hydrogens is 346 g/mol. The minimum absolute atomic E-state index is 0.166. The molecule has 0 unspecified atom stereocenters. The summed E-state index contributed by atoms with van der Waals surface area (Å²) in [5, 5.41) is 9.81. The Morgan fingerprint density at radius 1 is 1.28 bits per heavy atom. The normalized spacial score (nSPS) is 10.4. The molecule has 3 rings (SSSR count). The van der Waals surface area contributed by atoms with Gasteiger partial charge in [-0.2, -0.15) is 0 Å². The van der Waals surface area contributed by atoms with Gasteiger partial charge in [-0.25, -0.2) is 9.97 Å². The summed E-state index contributed by atoms with van der Waals surface area (Å²) in [4.78, 5) is 20.5. The Bertz CT molecular complexity index is 912. The number of hydrogen-bond acceptors (Lipinski definition) is 7. The first kappa shape index (κ1) is 16.7. The molecule has 1 amide bonds. The highest BCUT2D eigenvalue weighted by molar-refractivity contribution is 6.31. The average molecular weight is 360 g/mol. The van der Waals surface area contributed by atoms with Gasteiger partial charge in [0.2, 0.25) is 5.95 Å². The number of anilines is 3. The van der Waals surface area contributed by atoms with Gasteiger partial charge in [0.05, 0.1) is 12.8 Å². The van der Waals surface area contributed by atoms with Crippen LogP contribution >= 0.6 is 11.6 Å². The molecule has 3 aromatic rings. The van der Waals surface area contributed by atoms with Gasteiger partial charge in [-0.15, -0.1) is 0 Å². The summed E-state index contributed by atoms with van der Waals surface area (Å²) in [5.74, 6) is 1.27. The van der Waals surface area contributed by atoms with Crippen molar-refractivity contribution in [2.45, 2.75) is 6.92 Å². The second kappa shape index (κ2) is 7.18. The number of benzene rings is 1. The molecule has 0 spiro atoms. The Labute approximate surface area is 148 Å². The van der Waals surface area contributed by atoms with Gasteiger partial charge in [0.1, 0.15) is 17.2 Å². The third-order valence-electron chi connectivity index (χ3n) is 3.17. The van der Waals surface area contributed by atoms with Crippen molar-refractivity contribution < 1.29 is 14.1 Å². The van der Waals surface area contributed by atoms with Gasteiger partial charge in [0.15, 0.2) is 5.82 Å². The Kier molecular flexibility index (Phi) is 4.80. The third kappa shape index (κ3) is 4.04. The Morgan fingerprint density at radius 3 is 2.84 bits per heavy atom. The van der Waals surface area contributed by atoms with Crippen LogP contribution in [0, 0.1) is 6.92 Å². The Hall–Kier alpha value is -3.13. The Balaban J connectivity index is 1.79. The van der Waals surface area contributed by atoms with Crippen LogP contribution in [0.3, 0.4) is 0 Å². The van der Waals surface area contributed by atoms with E-state index in [0.29, 0.717) is 28.0 Å². The van der Waals surface area contributed by atoms with Crippen molar-refractivity contribution in [1.29, 1.82) is 0 Å². The number of carbonyl (C=O) groups excluding carboxylic acids is 1. The van der Waals surface area contributed by atoms with Crippen molar-refractivity contribution in [2.75, 3.05) is 17.7 Å². The molecular formula is C16H14ClN5O3. The van der Waals surface area contributed by atoms with E-state index in [1.807, 2.05) is 0 Å². The minimum Gasteiger partial charge on any atom is -0.495 e. The highest BCUT2D eigenvalue weighted by atomic mass is 35.5. The zero-order valence-corrected chi connectivity index (χ0v) is 14.2. The molecule has 25 heavy (non-hydrogen) atoms. The molecule has 0 radical (unpaired) electrons. The van der Waals surface area contributed by atoms with Crippen LogP contribution < -0.4 is 15.4 Å². The summed E-state index contributed by atoms with van der Waals surface area (Å²) in [6, 6.07) is 8.19. The van der Waals surface area contributed by atoms with E-state index >= 15 is 0 Å². The van der Waals surface area contributed by atoms with Crippen LogP contribution in [0.25, 0.3) is 0 Å². The molecule has 0 aliphatic heterocycles. The fourth-order valence-corrected chi connectivity index (χ4v) is 2.22. The summed E-state index contributed by atoms with van der Waals surface area (Å²) in [6.45, 7) is 1.73. The molecule has 0 atom stereocenters. The van der Waals surface area contributed by atoms with Crippen LogP contribution in [0.1, 0.15) is 16.2 Å². The van der Waals surface area contributed by atoms with E-state index in [2.05, 4.69) is 25.8 Å². The molecule has 0 saturated heterocycles. The number of nitrogens with zero attached hydrogens (tertiary/aromatic N) is 3. The van der Waals surface area contributed by atoms with Gasteiger partial charge in [0.25, 0.3) is 5.91 Å². The lowest BCUT2D eigenvalue weighted by Gasteiger charge is -2.10. The number of rotatable bonds is 5. The number of methoxy groups -OCH3 is 1. The van der Waals surface area contributed by atoms with Crippen molar-refractivity contribution in [3.63, 3.8) is 0 Å². The molecule has 2 N–H and O–H groups in total. The molecule has 9 heteroatoms. The molecule has 2 aromatic heterocycles. The third-order valence-corrected chi connectivity index (χ3v) is 3.40. The first-order valence-electron chi connectivity index (χ1n) is 7.23. The SMILES string of the molecule is COc1ccc(Cl)cc1Nc1nccc(C(=O)Nc2cc(C)on2)n1. The van der Waals surface area contributed by atoms with Crippen LogP contribution in [0.2, 0.25) is 5.02 Å². The molecule has 8 nitrogen and oxygen atoms in total. The van der Waals surface area contributed by atoms with E-state index in [1.54, 1.807) is 38.3 Å². The first-order chi connectivity index (χ1) is 12.0. The van der Waals surface area contributed by atoms with Crippen molar-refractivity contribution in [2.24, 2.45) is 0 Å². The molecule has 1 aromatic carbocycles. The predicted octanol–water partition coefficient (Wildman–Crippen LogP) is 3.43. The zero-order chi connectivity index (χ0) is 17.8. The van der Waals surface area contributed by atoms with Gasteiger partial charge >= 0.3 is 0 Å². The lowest BCUT2D eigenvalue weighted by atomic mass is 10.3. The summed E-state index contributed by atoms with van der Waals surface area (Å²) in [7, 11) is 1.54. The fraction of sp³-hybridized carbons (Fsp3) is 0.125. The second-order valence-corrected chi connectivity index (χ2v) is 5.45. The number of carbonyl (C=O) groups is 1. The summed E-state index contributed by atoms with van der Waals surface area (Å²) in [5.41, 5.74) is 0.749. The monoisotopic (exact) mass is 359 g/mol. The maximum absolute atomic E-state index is 12.2. The van der Waals surface area contributed by atoms with E-state index in [9.17, 15) is 4.79 Å². The number of nitrogens with one attached hydrogen (secondary N) is 2. The number of aryl methyl sites for hydroxylation is 1. The van der Waals surface area contributed by atoms with Crippen molar-refractivity contribution in [3.8, 4) is 5.75 Å². The number of aromatic nitrogens is 3. The van der Waals surface area contributed by atoms with Crippen LogP contribution in [-0.2, 0) is 0 Å². The van der Waals surface area contributed by atoms with Crippen molar-refractivity contribution in [1.82, 2.24) is 15.1 Å². The summed E-state index contributed by atoms with van der Waals surface area (Å²) >= 11 is 6.00. The van der Waals surface area contributed by atoms with E-state index in [1.165, 1.54) is 12.3 Å². The summed E-state index contributed by atoms with van der Waals surface area (Å²) < 4.78 is 10.2. The molecule has 128 valence electrons. The van der Waals surface area contributed by atoms with Gasteiger partial charge in [0, 0.05) is 17.3 Å². The number of hydrogen-bond donors (Lipinski definition) is 2. The maximum atomic E-state index is 12.2. The van der Waals surface area contributed by atoms with Gasteiger partial charge < -0.3 is 19.9 Å². The lowest BCUT2D eigenvalue weighted by molar-refractivity contribution is 0.102. The van der Waals surface area contributed by atoms with Crippen LogP contribution in [0.4, 0.5) is 17.5 Å². The van der Waals surface area contributed by atoms with Crippen molar-refractivity contribution in [3.05, 3.63) is 53.0 Å². The number of halogens is 1. The molecule has 0 aliphatic carbocycles. The molecule has 0 fully saturated rings. The Morgan fingerprint density at radius 2 is 2.12 bits per heavy atom. The highest BCUT2D eigenvalue weighted by Gasteiger charge is 2.12. The predicted molar refractivity (Wildman–Crippen MR) is 92.5 cm³/mol. The number of amides is 1. The molecule has 0 saturated carbocycles. The number of ether oxygens (including phenoxy) is 1. The van der Waals surface area contributed by atoms with Crippen LogP contribution in [-0.4, -0.2) is 28.1 Å². The lowest BCUT2D eigenvalue weighted by Crippen LogP contribution is -2.15. The van der Waals surface area contributed by atoms with Crippen LogP contribution in [0.5, 0.6) is 5.75 Å². The standard InChI is InChI=1S/C16H14ClN5O3/c1-9-7-14(22-25-9)21-15(23)11-5-6-18-16(19-11)20-12-8-10(17)3-4-13(12)24-2/h3-8H,1-2H3,(H,18,19,20)(H,21,22,23). The quantitative estimate of drug-likeness (QED) is 0.719. The largest absolute Gasteiger partial charge is 0.495 e. The molecule has 0 aliphatic rings. The van der Waals surface area contributed by atoms with E-state index in [0.717, 1.165) is 0 Å². The fourth-order valence-electron chi connectivity index (χ4n) is 2.05. The topological polar surface area (TPSA) is 102 Å².